The van der Waals surface area contributed by atoms with Crippen molar-refractivity contribution in [2.24, 2.45) is 0 Å². The van der Waals surface area contributed by atoms with Crippen molar-refractivity contribution < 1.29 is 0 Å². The van der Waals surface area contributed by atoms with Gasteiger partial charge in [-0.25, -0.2) is 4.98 Å². The third-order valence-corrected chi connectivity index (χ3v) is 3.70. The van der Waals surface area contributed by atoms with Crippen molar-refractivity contribution in [2.75, 3.05) is 31.1 Å². The van der Waals surface area contributed by atoms with E-state index in [9.17, 15) is 0 Å². The van der Waals surface area contributed by atoms with Crippen molar-refractivity contribution >= 4 is 5.82 Å². The normalized spacial score (nSPS) is 15.7. The Bertz CT molecular complexity index is 627. The fourth-order valence-electron chi connectivity index (χ4n) is 2.54. The van der Waals surface area contributed by atoms with Gasteiger partial charge in [-0.05, 0) is 29.8 Å². The molecular weight excluding hydrogens is 262 g/mol. The molecule has 0 N–H and O–H groups in total. The SMILES string of the molecule is N#Cc1cccc(N2CCN(Cc3ccncc3)CC2)n1. The molecule has 0 radical (unpaired) electrons. The molecule has 1 aliphatic heterocycles. The molecule has 0 aliphatic carbocycles. The third kappa shape index (κ3) is 3.36. The van der Waals surface area contributed by atoms with Crippen LogP contribution in [0, 0.1) is 11.3 Å². The Hall–Kier alpha value is -2.45. The second-order valence-corrected chi connectivity index (χ2v) is 5.11. The summed E-state index contributed by atoms with van der Waals surface area (Å²) in [4.78, 5) is 13.1. The van der Waals surface area contributed by atoms with E-state index in [2.05, 4.69) is 38.0 Å². The maximum atomic E-state index is 8.92. The van der Waals surface area contributed by atoms with Crippen LogP contribution in [0.4, 0.5) is 5.82 Å². The number of hydrogen-bond acceptors (Lipinski definition) is 5. The Labute approximate surface area is 124 Å². The highest BCUT2D eigenvalue weighted by atomic mass is 15.3. The number of nitriles is 1. The second-order valence-electron chi connectivity index (χ2n) is 5.11. The Morgan fingerprint density at radius 2 is 1.81 bits per heavy atom. The lowest BCUT2D eigenvalue weighted by Gasteiger charge is -2.35. The number of piperazine rings is 1. The Morgan fingerprint density at radius 3 is 2.52 bits per heavy atom. The van der Waals surface area contributed by atoms with Crippen LogP contribution >= 0.6 is 0 Å². The summed E-state index contributed by atoms with van der Waals surface area (Å²) in [7, 11) is 0. The van der Waals surface area contributed by atoms with Gasteiger partial charge in [-0.1, -0.05) is 6.07 Å². The summed E-state index contributed by atoms with van der Waals surface area (Å²) in [5, 5.41) is 8.92. The van der Waals surface area contributed by atoms with Gasteiger partial charge in [-0.2, -0.15) is 5.26 Å². The molecule has 0 spiro atoms. The minimum absolute atomic E-state index is 0.478. The van der Waals surface area contributed by atoms with Gasteiger partial charge in [0.05, 0.1) is 0 Å². The van der Waals surface area contributed by atoms with Crippen molar-refractivity contribution in [3.05, 3.63) is 54.0 Å². The Balaban J connectivity index is 1.59. The number of aromatic nitrogens is 2. The fraction of sp³-hybridized carbons (Fsp3) is 0.312. The Kier molecular flexibility index (Phi) is 4.08. The van der Waals surface area contributed by atoms with Gasteiger partial charge < -0.3 is 4.90 Å². The van der Waals surface area contributed by atoms with Crippen LogP contribution in [-0.4, -0.2) is 41.0 Å². The molecule has 1 fully saturated rings. The van der Waals surface area contributed by atoms with E-state index in [-0.39, 0.29) is 0 Å². The van der Waals surface area contributed by atoms with E-state index in [1.807, 2.05) is 24.5 Å². The molecule has 0 bridgehead atoms. The van der Waals surface area contributed by atoms with E-state index in [1.165, 1.54) is 5.56 Å². The van der Waals surface area contributed by atoms with Crippen molar-refractivity contribution in [3.8, 4) is 6.07 Å². The minimum Gasteiger partial charge on any atom is -0.354 e. The highest BCUT2D eigenvalue weighted by Gasteiger charge is 2.18. The predicted molar refractivity (Wildman–Crippen MR) is 80.7 cm³/mol. The fourth-order valence-corrected chi connectivity index (χ4v) is 2.54. The topological polar surface area (TPSA) is 56.1 Å². The molecule has 2 aromatic heterocycles. The van der Waals surface area contributed by atoms with Gasteiger partial charge in [0.1, 0.15) is 17.6 Å². The first kappa shape index (κ1) is 13.5. The van der Waals surface area contributed by atoms with E-state index in [4.69, 9.17) is 5.26 Å². The lowest BCUT2D eigenvalue weighted by molar-refractivity contribution is 0.249. The van der Waals surface area contributed by atoms with Crippen LogP contribution in [-0.2, 0) is 6.54 Å². The summed E-state index contributed by atoms with van der Waals surface area (Å²) >= 11 is 0. The highest BCUT2D eigenvalue weighted by Crippen LogP contribution is 2.15. The molecule has 1 saturated heterocycles. The monoisotopic (exact) mass is 279 g/mol. The summed E-state index contributed by atoms with van der Waals surface area (Å²) in [5.41, 5.74) is 1.77. The molecule has 0 saturated carbocycles. The van der Waals surface area contributed by atoms with Gasteiger partial charge in [0, 0.05) is 45.1 Å². The van der Waals surface area contributed by atoms with E-state index in [0.717, 1.165) is 38.5 Å². The minimum atomic E-state index is 0.478. The number of hydrogen-bond donors (Lipinski definition) is 0. The zero-order chi connectivity index (χ0) is 14.5. The molecular formula is C16H17N5. The molecule has 3 rings (SSSR count). The summed E-state index contributed by atoms with van der Waals surface area (Å²) in [6.45, 7) is 4.84. The van der Waals surface area contributed by atoms with Crippen molar-refractivity contribution in [1.82, 2.24) is 14.9 Å². The van der Waals surface area contributed by atoms with Crippen LogP contribution in [0.25, 0.3) is 0 Å². The molecule has 5 heteroatoms. The lowest BCUT2D eigenvalue weighted by atomic mass is 10.2. The standard InChI is InChI=1S/C16H17N5/c17-12-15-2-1-3-16(19-15)21-10-8-20(9-11-21)13-14-4-6-18-7-5-14/h1-7H,8-11,13H2. The third-order valence-electron chi connectivity index (χ3n) is 3.70. The molecule has 3 heterocycles. The van der Waals surface area contributed by atoms with E-state index in [1.54, 1.807) is 6.07 Å². The summed E-state index contributed by atoms with van der Waals surface area (Å²) in [6.07, 6.45) is 3.67. The zero-order valence-corrected chi connectivity index (χ0v) is 11.8. The smallest absolute Gasteiger partial charge is 0.142 e. The molecule has 2 aromatic rings. The predicted octanol–water partition coefficient (Wildman–Crippen LogP) is 1.67. The molecule has 0 unspecified atom stereocenters. The van der Waals surface area contributed by atoms with Crippen LogP contribution < -0.4 is 4.90 Å². The van der Waals surface area contributed by atoms with Crippen LogP contribution in [0.15, 0.2) is 42.7 Å². The van der Waals surface area contributed by atoms with Crippen LogP contribution in [0.2, 0.25) is 0 Å². The van der Waals surface area contributed by atoms with E-state index in [0.29, 0.717) is 5.69 Å². The van der Waals surface area contributed by atoms with Gasteiger partial charge in [-0.15, -0.1) is 0 Å². The second kappa shape index (κ2) is 6.33. The first-order valence-corrected chi connectivity index (χ1v) is 7.08. The molecule has 1 aliphatic rings. The number of anilines is 1. The van der Waals surface area contributed by atoms with Crippen LogP contribution in [0.5, 0.6) is 0 Å². The summed E-state index contributed by atoms with van der Waals surface area (Å²) in [6, 6.07) is 11.8. The van der Waals surface area contributed by atoms with Gasteiger partial charge in [0.2, 0.25) is 0 Å². The summed E-state index contributed by atoms with van der Waals surface area (Å²) < 4.78 is 0. The van der Waals surface area contributed by atoms with Crippen LogP contribution in [0.3, 0.4) is 0 Å². The molecule has 0 atom stereocenters. The number of pyridine rings is 2. The van der Waals surface area contributed by atoms with Gasteiger partial charge in [0.25, 0.3) is 0 Å². The maximum Gasteiger partial charge on any atom is 0.142 e. The molecule has 106 valence electrons. The average molecular weight is 279 g/mol. The highest BCUT2D eigenvalue weighted by molar-refractivity contribution is 5.42. The lowest BCUT2D eigenvalue weighted by Crippen LogP contribution is -2.46. The molecule has 0 aromatic carbocycles. The van der Waals surface area contributed by atoms with Crippen molar-refractivity contribution in [3.63, 3.8) is 0 Å². The molecule has 5 nitrogen and oxygen atoms in total. The van der Waals surface area contributed by atoms with Crippen molar-refractivity contribution in [1.29, 1.82) is 5.26 Å². The molecule has 0 amide bonds. The first-order valence-electron chi connectivity index (χ1n) is 7.08. The van der Waals surface area contributed by atoms with Gasteiger partial charge >= 0.3 is 0 Å². The van der Waals surface area contributed by atoms with E-state index >= 15 is 0 Å². The average Bonchev–Trinajstić information content (AvgIpc) is 2.56. The molecule has 21 heavy (non-hydrogen) atoms. The summed E-state index contributed by atoms with van der Waals surface area (Å²) in [5.74, 6) is 0.901. The van der Waals surface area contributed by atoms with Crippen LogP contribution in [0.1, 0.15) is 11.3 Å². The maximum absolute atomic E-state index is 8.92. The van der Waals surface area contributed by atoms with Gasteiger partial charge in [0.15, 0.2) is 0 Å². The van der Waals surface area contributed by atoms with E-state index < -0.39 is 0 Å². The van der Waals surface area contributed by atoms with Gasteiger partial charge in [-0.3, -0.25) is 9.88 Å². The first-order chi connectivity index (χ1) is 10.3. The quantitative estimate of drug-likeness (QED) is 0.855. The largest absolute Gasteiger partial charge is 0.354 e. The number of rotatable bonds is 3. The Morgan fingerprint density at radius 1 is 1.05 bits per heavy atom. The number of nitrogens with zero attached hydrogens (tertiary/aromatic N) is 5. The van der Waals surface area contributed by atoms with Crippen molar-refractivity contribution in [2.45, 2.75) is 6.54 Å². The zero-order valence-electron chi connectivity index (χ0n) is 11.8.